The van der Waals surface area contributed by atoms with Crippen molar-refractivity contribution < 1.29 is 0 Å². The van der Waals surface area contributed by atoms with E-state index in [-0.39, 0.29) is 0 Å². The summed E-state index contributed by atoms with van der Waals surface area (Å²) in [6, 6.07) is 8.62. The molecule has 0 heterocycles. The molecule has 1 saturated carbocycles. The van der Waals surface area contributed by atoms with Crippen LogP contribution in [0.15, 0.2) is 30.3 Å². The second-order valence-corrected chi connectivity index (χ2v) is 5.24. The summed E-state index contributed by atoms with van der Waals surface area (Å²) in [5.41, 5.74) is 2.75. The van der Waals surface area contributed by atoms with Gasteiger partial charge in [-0.2, -0.15) is 0 Å². The molecule has 0 atom stereocenters. The SMILES string of the molecule is Cc1ccccc1/C=C/C1CCC(C)CC1. The third kappa shape index (κ3) is 2.98. The Morgan fingerprint density at radius 1 is 1.06 bits per heavy atom. The quantitative estimate of drug-likeness (QED) is 0.661. The van der Waals surface area contributed by atoms with Gasteiger partial charge in [0.1, 0.15) is 0 Å². The first-order valence-electron chi connectivity index (χ1n) is 6.49. The highest BCUT2D eigenvalue weighted by Gasteiger charge is 2.15. The van der Waals surface area contributed by atoms with Crippen molar-refractivity contribution >= 4 is 6.08 Å². The molecule has 0 spiro atoms. The number of rotatable bonds is 2. The molecule has 0 amide bonds. The summed E-state index contributed by atoms with van der Waals surface area (Å²) < 4.78 is 0. The van der Waals surface area contributed by atoms with Gasteiger partial charge in [0.2, 0.25) is 0 Å². The number of aryl methyl sites for hydroxylation is 1. The van der Waals surface area contributed by atoms with Crippen molar-refractivity contribution in [2.24, 2.45) is 11.8 Å². The first kappa shape index (κ1) is 11.4. The molecule has 1 aliphatic rings. The predicted octanol–water partition coefficient (Wildman–Crippen LogP) is 4.83. The first-order valence-corrected chi connectivity index (χ1v) is 6.49. The Morgan fingerprint density at radius 2 is 1.75 bits per heavy atom. The average molecular weight is 214 g/mol. The molecule has 2 rings (SSSR count). The van der Waals surface area contributed by atoms with Crippen molar-refractivity contribution in [2.75, 3.05) is 0 Å². The van der Waals surface area contributed by atoms with Gasteiger partial charge in [0, 0.05) is 0 Å². The highest BCUT2D eigenvalue weighted by molar-refractivity contribution is 5.53. The summed E-state index contributed by atoms with van der Waals surface area (Å²) >= 11 is 0. The summed E-state index contributed by atoms with van der Waals surface area (Å²) in [7, 11) is 0. The van der Waals surface area contributed by atoms with E-state index in [1.807, 2.05) is 0 Å². The fraction of sp³-hybridized carbons (Fsp3) is 0.500. The molecule has 0 saturated heterocycles. The summed E-state index contributed by atoms with van der Waals surface area (Å²) in [6.07, 6.45) is 10.3. The Kier molecular flexibility index (Phi) is 3.82. The molecule has 0 radical (unpaired) electrons. The summed E-state index contributed by atoms with van der Waals surface area (Å²) in [4.78, 5) is 0. The van der Waals surface area contributed by atoms with Crippen molar-refractivity contribution in [1.82, 2.24) is 0 Å². The molecule has 1 aromatic rings. The van der Waals surface area contributed by atoms with Gasteiger partial charge in [0.25, 0.3) is 0 Å². The summed E-state index contributed by atoms with van der Waals surface area (Å²) in [6.45, 7) is 4.56. The van der Waals surface area contributed by atoms with Crippen molar-refractivity contribution in [3.05, 3.63) is 41.5 Å². The van der Waals surface area contributed by atoms with E-state index in [0.29, 0.717) is 0 Å². The van der Waals surface area contributed by atoms with Gasteiger partial charge in [0.05, 0.1) is 0 Å². The Morgan fingerprint density at radius 3 is 2.44 bits per heavy atom. The topological polar surface area (TPSA) is 0 Å². The normalized spacial score (nSPS) is 26.1. The minimum Gasteiger partial charge on any atom is -0.0808 e. The Bertz CT molecular complexity index is 354. The number of benzene rings is 1. The summed E-state index contributed by atoms with van der Waals surface area (Å²) in [5, 5.41) is 0. The van der Waals surface area contributed by atoms with Gasteiger partial charge in [-0.3, -0.25) is 0 Å². The third-order valence-electron chi connectivity index (χ3n) is 3.80. The zero-order valence-electron chi connectivity index (χ0n) is 10.4. The van der Waals surface area contributed by atoms with E-state index in [4.69, 9.17) is 0 Å². The second kappa shape index (κ2) is 5.34. The fourth-order valence-electron chi connectivity index (χ4n) is 2.49. The van der Waals surface area contributed by atoms with E-state index in [2.05, 4.69) is 50.3 Å². The van der Waals surface area contributed by atoms with Gasteiger partial charge < -0.3 is 0 Å². The molecule has 0 unspecified atom stereocenters. The Balaban J connectivity index is 1.97. The fourth-order valence-corrected chi connectivity index (χ4v) is 2.49. The van der Waals surface area contributed by atoms with Crippen molar-refractivity contribution in [3.8, 4) is 0 Å². The van der Waals surface area contributed by atoms with Gasteiger partial charge in [0.15, 0.2) is 0 Å². The minimum atomic E-state index is 0.816. The van der Waals surface area contributed by atoms with Gasteiger partial charge in [-0.25, -0.2) is 0 Å². The number of hydrogen-bond donors (Lipinski definition) is 0. The van der Waals surface area contributed by atoms with Crippen LogP contribution in [0.3, 0.4) is 0 Å². The Labute approximate surface area is 99.4 Å². The highest BCUT2D eigenvalue weighted by atomic mass is 14.2. The van der Waals surface area contributed by atoms with Gasteiger partial charge in [-0.1, -0.05) is 56.2 Å². The molecule has 0 nitrogen and oxygen atoms in total. The third-order valence-corrected chi connectivity index (χ3v) is 3.80. The van der Waals surface area contributed by atoms with Crippen molar-refractivity contribution in [3.63, 3.8) is 0 Å². The van der Waals surface area contributed by atoms with Gasteiger partial charge in [-0.15, -0.1) is 0 Å². The minimum absolute atomic E-state index is 0.816. The highest BCUT2D eigenvalue weighted by Crippen LogP contribution is 2.29. The summed E-state index contributed by atoms with van der Waals surface area (Å²) in [5.74, 6) is 1.76. The van der Waals surface area contributed by atoms with Crippen LogP contribution in [0.1, 0.15) is 43.7 Å². The van der Waals surface area contributed by atoms with Crippen LogP contribution in [0.4, 0.5) is 0 Å². The van der Waals surface area contributed by atoms with E-state index in [0.717, 1.165) is 11.8 Å². The van der Waals surface area contributed by atoms with Crippen LogP contribution >= 0.6 is 0 Å². The largest absolute Gasteiger partial charge is 0.0808 e. The molecule has 1 aliphatic carbocycles. The van der Waals surface area contributed by atoms with Crippen LogP contribution in [0, 0.1) is 18.8 Å². The molecule has 86 valence electrons. The zero-order valence-corrected chi connectivity index (χ0v) is 10.4. The maximum Gasteiger partial charge on any atom is -0.0230 e. The van der Waals surface area contributed by atoms with E-state index >= 15 is 0 Å². The van der Waals surface area contributed by atoms with E-state index in [1.165, 1.54) is 36.8 Å². The Hall–Kier alpha value is -1.04. The van der Waals surface area contributed by atoms with Crippen LogP contribution in [0.25, 0.3) is 6.08 Å². The maximum atomic E-state index is 2.42. The van der Waals surface area contributed by atoms with Crippen molar-refractivity contribution in [1.29, 1.82) is 0 Å². The molecule has 16 heavy (non-hydrogen) atoms. The van der Waals surface area contributed by atoms with E-state index < -0.39 is 0 Å². The van der Waals surface area contributed by atoms with E-state index in [1.54, 1.807) is 0 Å². The standard InChI is InChI=1S/C16H22/c1-13-7-9-15(10-8-13)11-12-16-6-4-3-5-14(16)2/h3-6,11-13,15H,7-10H2,1-2H3/b12-11+. The second-order valence-electron chi connectivity index (χ2n) is 5.24. The maximum absolute atomic E-state index is 2.42. The molecule has 0 N–H and O–H groups in total. The van der Waals surface area contributed by atoms with Gasteiger partial charge in [-0.05, 0) is 42.7 Å². The van der Waals surface area contributed by atoms with Crippen LogP contribution in [-0.4, -0.2) is 0 Å². The van der Waals surface area contributed by atoms with Crippen LogP contribution in [0.2, 0.25) is 0 Å². The lowest BCUT2D eigenvalue weighted by molar-refractivity contribution is 0.331. The van der Waals surface area contributed by atoms with E-state index in [9.17, 15) is 0 Å². The van der Waals surface area contributed by atoms with Crippen molar-refractivity contribution in [2.45, 2.75) is 39.5 Å². The van der Waals surface area contributed by atoms with Crippen LogP contribution in [-0.2, 0) is 0 Å². The monoisotopic (exact) mass is 214 g/mol. The molecule has 0 heteroatoms. The molecule has 1 fully saturated rings. The van der Waals surface area contributed by atoms with Gasteiger partial charge >= 0.3 is 0 Å². The number of hydrogen-bond acceptors (Lipinski definition) is 0. The molecule has 0 bridgehead atoms. The average Bonchev–Trinajstić information content (AvgIpc) is 2.30. The van der Waals surface area contributed by atoms with Crippen LogP contribution < -0.4 is 0 Å². The molecule has 0 aromatic heterocycles. The predicted molar refractivity (Wildman–Crippen MR) is 71.3 cm³/mol. The zero-order chi connectivity index (χ0) is 11.4. The smallest absolute Gasteiger partial charge is 0.0230 e. The molecular weight excluding hydrogens is 192 g/mol. The lowest BCUT2D eigenvalue weighted by Gasteiger charge is -2.23. The molecular formula is C16H22. The molecule has 1 aromatic carbocycles. The lowest BCUT2D eigenvalue weighted by Crippen LogP contribution is -2.09. The number of allylic oxidation sites excluding steroid dienone is 1. The van der Waals surface area contributed by atoms with Crippen LogP contribution in [0.5, 0.6) is 0 Å². The first-order chi connectivity index (χ1) is 7.75. The lowest BCUT2D eigenvalue weighted by atomic mass is 9.82. The molecule has 0 aliphatic heterocycles.